The van der Waals surface area contributed by atoms with E-state index in [9.17, 15) is 9.90 Å². The zero-order chi connectivity index (χ0) is 25.1. The summed E-state index contributed by atoms with van der Waals surface area (Å²) in [5, 5.41) is 11.9. The molecule has 3 unspecified atom stereocenters. The minimum atomic E-state index is -0.905. The summed E-state index contributed by atoms with van der Waals surface area (Å²) in [4.78, 5) is 13.1. The molecule has 0 aliphatic carbocycles. The molecule has 1 N–H and O–H groups in total. The molecule has 1 amide bonds. The second-order valence-electron chi connectivity index (χ2n) is 9.99. The van der Waals surface area contributed by atoms with Gasteiger partial charge in [-0.15, -0.1) is 0 Å². The Balaban J connectivity index is 1.24. The Morgan fingerprint density at radius 3 is 2.58 bits per heavy atom. The van der Waals surface area contributed by atoms with Crippen molar-refractivity contribution >= 4 is 16.9 Å². The van der Waals surface area contributed by atoms with Gasteiger partial charge < -0.3 is 29.0 Å². The molecular formula is C29H33NO6. The average Bonchev–Trinajstić information content (AvgIpc) is 3.24. The fourth-order valence-electron chi connectivity index (χ4n) is 5.02. The first-order chi connectivity index (χ1) is 17.4. The lowest BCUT2D eigenvalue weighted by molar-refractivity contribution is -0.141. The van der Waals surface area contributed by atoms with Crippen LogP contribution >= 0.6 is 0 Å². The predicted octanol–water partition coefficient (Wildman–Crippen LogP) is 5.42. The molecule has 3 aromatic carbocycles. The number of carbonyl (C=O) groups is 1. The molecule has 3 atom stereocenters. The predicted molar refractivity (Wildman–Crippen MR) is 136 cm³/mol. The third-order valence-electron chi connectivity index (χ3n) is 6.92. The molecule has 2 heterocycles. The first-order valence-electron chi connectivity index (χ1n) is 12.5. The van der Waals surface area contributed by atoms with Crippen molar-refractivity contribution in [2.24, 2.45) is 0 Å². The first kappa shape index (κ1) is 24.6. The molecule has 2 fully saturated rings. The monoisotopic (exact) mass is 491 g/mol. The second kappa shape index (κ2) is 10.5. The first-order valence-corrected chi connectivity index (χ1v) is 12.5. The van der Waals surface area contributed by atoms with Crippen molar-refractivity contribution in [3.05, 3.63) is 77.9 Å². The highest BCUT2D eigenvalue weighted by molar-refractivity contribution is 5.82. The molecule has 190 valence electrons. The molecule has 5 rings (SSSR count). The number of ether oxygens (including phenoxy) is 4. The Bertz CT molecular complexity index is 1190. The van der Waals surface area contributed by atoms with Crippen LogP contribution in [0.25, 0.3) is 10.8 Å². The van der Waals surface area contributed by atoms with E-state index in [1.807, 2.05) is 38.1 Å². The maximum atomic E-state index is 11.7. The van der Waals surface area contributed by atoms with E-state index >= 15 is 0 Å². The van der Waals surface area contributed by atoms with E-state index in [1.54, 1.807) is 0 Å². The van der Waals surface area contributed by atoms with Crippen molar-refractivity contribution < 1.29 is 28.8 Å². The average molecular weight is 492 g/mol. The van der Waals surface area contributed by atoms with E-state index in [4.69, 9.17) is 18.9 Å². The van der Waals surface area contributed by atoms with Gasteiger partial charge >= 0.3 is 6.09 Å². The van der Waals surface area contributed by atoms with E-state index in [1.165, 1.54) is 15.7 Å². The molecule has 0 bridgehead atoms. The highest BCUT2D eigenvalue weighted by Crippen LogP contribution is 2.33. The summed E-state index contributed by atoms with van der Waals surface area (Å²) >= 11 is 0. The van der Waals surface area contributed by atoms with Crippen molar-refractivity contribution in [2.45, 2.75) is 50.8 Å². The van der Waals surface area contributed by atoms with E-state index in [2.05, 4.69) is 42.5 Å². The Labute approximate surface area is 211 Å². The molecule has 7 nitrogen and oxygen atoms in total. The van der Waals surface area contributed by atoms with E-state index in [0.717, 1.165) is 16.9 Å². The van der Waals surface area contributed by atoms with Gasteiger partial charge in [-0.05, 0) is 60.4 Å². The van der Waals surface area contributed by atoms with Gasteiger partial charge in [0.05, 0.1) is 25.9 Å². The summed E-state index contributed by atoms with van der Waals surface area (Å²) in [6, 6.07) is 22.6. The van der Waals surface area contributed by atoms with Crippen LogP contribution in [0, 0.1) is 0 Å². The third kappa shape index (κ3) is 5.81. The largest absolute Gasteiger partial charge is 0.491 e. The molecule has 2 aliphatic rings. The van der Waals surface area contributed by atoms with Crippen LogP contribution in [0.4, 0.5) is 4.79 Å². The van der Waals surface area contributed by atoms with Gasteiger partial charge in [-0.3, -0.25) is 0 Å². The number of hydrogen-bond acceptors (Lipinski definition) is 5. The summed E-state index contributed by atoms with van der Waals surface area (Å²) in [7, 11) is 0. The van der Waals surface area contributed by atoms with Crippen molar-refractivity contribution in [3.63, 3.8) is 0 Å². The van der Waals surface area contributed by atoms with Crippen LogP contribution in [0.5, 0.6) is 5.75 Å². The molecule has 0 spiro atoms. The number of nitrogens with zero attached hydrogens (tertiary/aromatic N) is 1. The van der Waals surface area contributed by atoms with Gasteiger partial charge in [0.2, 0.25) is 0 Å². The van der Waals surface area contributed by atoms with Crippen LogP contribution in [0.1, 0.15) is 37.3 Å². The summed E-state index contributed by atoms with van der Waals surface area (Å²) in [6.45, 7) is 6.01. The molecule has 3 aromatic rings. The van der Waals surface area contributed by atoms with Gasteiger partial charge in [-0.1, -0.05) is 48.5 Å². The highest BCUT2D eigenvalue weighted by Gasteiger charge is 2.34. The summed E-state index contributed by atoms with van der Waals surface area (Å²) in [5.74, 6) is 0.302. The van der Waals surface area contributed by atoms with Crippen LogP contribution in [-0.2, 0) is 20.8 Å². The fourth-order valence-corrected chi connectivity index (χ4v) is 5.02. The van der Waals surface area contributed by atoms with Crippen LogP contribution in [-0.4, -0.2) is 60.4 Å². The summed E-state index contributed by atoms with van der Waals surface area (Å²) in [5.41, 5.74) is 2.20. The molecular weight excluding hydrogens is 458 g/mol. The lowest BCUT2D eigenvalue weighted by Crippen LogP contribution is -2.46. The van der Waals surface area contributed by atoms with Crippen LogP contribution in [0.2, 0.25) is 0 Å². The molecule has 0 aromatic heterocycles. The van der Waals surface area contributed by atoms with Gasteiger partial charge in [0, 0.05) is 12.5 Å². The van der Waals surface area contributed by atoms with Crippen LogP contribution in [0.15, 0.2) is 66.7 Å². The quantitative estimate of drug-likeness (QED) is 0.475. The number of piperidine rings is 1. The number of fused-ring (bicyclic) bond motifs is 1. The summed E-state index contributed by atoms with van der Waals surface area (Å²) in [6.07, 6.45) is -0.526. The van der Waals surface area contributed by atoms with Crippen molar-refractivity contribution in [3.8, 4) is 5.75 Å². The number of likely N-dealkylation sites (tertiary alicyclic amines) is 1. The number of amides is 1. The van der Waals surface area contributed by atoms with E-state index in [-0.39, 0.29) is 18.1 Å². The molecule has 36 heavy (non-hydrogen) atoms. The van der Waals surface area contributed by atoms with Crippen LogP contribution in [0.3, 0.4) is 0 Å². The van der Waals surface area contributed by atoms with Gasteiger partial charge in [-0.2, -0.15) is 0 Å². The minimum Gasteiger partial charge on any atom is -0.491 e. The van der Waals surface area contributed by atoms with Gasteiger partial charge in [-0.25, -0.2) is 4.79 Å². The Kier molecular flexibility index (Phi) is 7.14. The summed E-state index contributed by atoms with van der Waals surface area (Å²) < 4.78 is 23.7. The zero-order valence-electron chi connectivity index (χ0n) is 20.8. The number of benzene rings is 3. The van der Waals surface area contributed by atoms with E-state index in [0.29, 0.717) is 39.3 Å². The minimum absolute atomic E-state index is 0.0899. The normalized spacial score (nSPS) is 23.6. The molecule has 2 aliphatic heterocycles. The smallest absolute Gasteiger partial charge is 0.407 e. The SMILES string of the molecule is CC1(C)OCC(COc2ccc(C3CCN(C(=O)O)CC3OCc3ccc4ccccc4c3)cc2)O1. The number of rotatable bonds is 7. The lowest BCUT2D eigenvalue weighted by Gasteiger charge is -2.37. The van der Waals surface area contributed by atoms with Crippen LogP contribution < -0.4 is 4.74 Å². The maximum absolute atomic E-state index is 11.7. The topological polar surface area (TPSA) is 77.5 Å². The Morgan fingerprint density at radius 1 is 1.08 bits per heavy atom. The van der Waals surface area contributed by atoms with Gasteiger partial charge in [0.15, 0.2) is 5.79 Å². The van der Waals surface area contributed by atoms with Crippen molar-refractivity contribution in [1.29, 1.82) is 0 Å². The standard InChI is InChI=1S/C29H33NO6/c1-29(2)35-19-25(36-29)18-33-24-11-9-22(10-12-24)26-13-14-30(28(31)32)16-27(26)34-17-20-7-8-21-5-3-4-6-23(21)15-20/h3-12,15,25-27H,13-14,16-19H2,1-2H3,(H,31,32). The molecule has 0 radical (unpaired) electrons. The molecule has 7 heteroatoms. The zero-order valence-corrected chi connectivity index (χ0v) is 20.8. The second-order valence-corrected chi connectivity index (χ2v) is 9.99. The Morgan fingerprint density at radius 2 is 1.86 bits per heavy atom. The number of carboxylic acid groups (broad SMARTS) is 1. The van der Waals surface area contributed by atoms with Gasteiger partial charge in [0.25, 0.3) is 0 Å². The van der Waals surface area contributed by atoms with E-state index < -0.39 is 11.9 Å². The fraction of sp³-hybridized carbons (Fsp3) is 0.414. The maximum Gasteiger partial charge on any atom is 0.407 e. The third-order valence-corrected chi connectivity index (χ3v) is 6.92. The van der Waals surface area contributed by atoms with Gasteiger partial charge in [0.1, 0.15) is 18.5 Å². The Hall–Kier alpha value is -3.13. The highest BCUT2D eigenvalue weighted by atomic mass is 16.7. The van der Waals surface area contributed by atoms with Crippen molar-refractivity contribution in [2.75, 3.05) is 26.3 Å². The van der Waals surface area contributed by atoms with Crippen molar-refractivity contribution in [1.82, 2.24) is 4.90 Å². The molecule has 2 saturated heterocycles. The molecule has 0 saturated carbocycles. The lowest BCUT2D eigenvalue weighted by atomic mass is 9.87. The number of hydrogen-bond donors (Lipinski definition) is 1.